The number of nitrogens with one attached hydrogen (secondary N) is 2. The van der Waals surface area contributed by atoms with Gasteiger partial charge >= 0.3 is 5.97 Å². The lowest BCUT2D eigenvalue weighted by Gasteiger charge is -2.08. The second kappa shape index (κ2) is 17.5. The minimum absolute atomic E-state index is 0.0238. The summed E-state index contributed by atoms with van der Waals surface area (Å²) < 4.78 is 10.6. The molecule has 2 amide bonds. The van der Waals surface area contributed by atoms with Crippen molar-refractivity contribution in [3.63, 3.8) is 0 Å². The normalized spacial score (nSPS) is 10.5. The molecule has 0 saturated heterocycles. The van der Waals surface area contributed by atoms with E-state index in [1.54, 1.807) is 72.8 Å². The number of Topliss-reactive ketones (excluding diaryl/α,β-unsaturated/α-hetero) is 2. The largest absolute Gasteiger partial charge is 0.478 e. The summed E-state index contributed by atoms with van der Waals surface area (Å²) in [6, 6.07) is 37.8. The third-order valence-corrected chi connectivity index (χ3v) is 9.84. The van der Waals surface area contributed by atoms with Gasteiger partial charge in [0.25, 0.3) is 11.8 Å². The molecule has 0 bridgehead atoms. The van der Waals surface area contributed by atoms with Crippen LogP contribution in [0.15, 0.2) is 130 Å². The van der Waals surface area contributed by atoms with Crippen molar-refractivity contribution in [1.82, 2.24) is 10.3 Å². The van der Waals surface area contributed by atoms with Crippen LogP contribution in [0, 0.1) is 29.6 Å². The lowest BCUT2D eigenvalue weighted by molar-refractivity contribution is 0.0697. The van der Waals surface area contributed by atoms with Gasteiger partial charge in [0.15, 0.2) is 34.1 Å². The summed E-state index contributed by atoms with van der Waals surface area (Å²) in [6.07, 6.45) is 0. The Kier molecular flexibility index (Phi) is 11.6. The van der Waals surface area contributed by atoms with Gasteiger partial charge in [-0.1, -0.05) is 71.0 Å². The van der Waals surface area contributed by atoms with E-state index in [-0.39, 0.29) is 39.8 Å². The van der Waals surface area contributed by atoms with Gasteiger partial charge in [-0.15, -0.1) is 0 Å². The molecule has 6 aromatic carbocycles. The Morgan fingerprint density at radius 3 is 1.47 bits per heavy atom. The van der Waals surface area contributed by atoms with E-state index in [1.807, 2.05) is 43.3 Å². The fraction of sp³-hybridized carbons (Fsp3) is 0.0625. The number of amides is 2. The molecule has 0 atom stereocenters. The van der Waals surface area contributed by atoms with E-state index in [0.717, 1.165) is 16.7 Å². The predicted octanol–water partition coefficient (Wildman–Crippen LogP) is 9.65. The van der Waals surface area contributed by atoms with Crippen molar-refractivity contribution in [3.8, 4) is 34.4 Å². The summed E-state index contributed by atoms with van der Waals surface area (Å²) in [5, 5.41) is 41.5. The van der Waals surface area contributed by atoms with Gasteiger partial charge in [-0.3, -0.25) is 19.2 Å². The van der Waals surface area contributed by atoms with Gasteiger partial charge in [0, 0.05) is 16.8 Å². The van der Waals surface area contributed by atoms with Gasteiger partial charge < -0.3 is 24.8 Å². The van der Waals surface area contributed by atoms with Crippen molar-refractivity contribution >= 4 is 62.7 Å². The summed E-state index contributed by atoms with van der Waals surface area (Å²) in [6.45, 7) is 4.82. The van der Waals surface area contributed by atoms with Crippen molar-refractivity contribution in [2.75, 3.05) is 10.6 Å². The second-order valence-corrected chi connectivity index (χ2v) is 13.9. The molecule has 8 aromatic rings. The van der Waals surface area contributed by atoms with Gasteiger partial charge in [-0.2, -0.15) is 10.5 Å². The minimum Gasteiger partial charge on any atom is -0.478 e. The van der Waals surface area contributed by atoms with Crippen LogP contribution in [0.2, 0.25) is 0 Å². The first kappa shape index (κ1) is 41.2. The van der Waals surface area contributed by atoms with Crippen molar-refractivity contribution in [2.45, 2.75) is 20.8 Å². The number of hydrogen-bond acceptors (Lipinski definition) is 11. The van der Waals surface area contributed by atoms with E-state index in [2.05, 4.69) is 27.0 Å². The molecule has 0 aliphatic rings. The zero-order chi connectivity index (χ0) is 44.1. The molecule has 62 heavy (non-hydrogen) atoms. The van der Waals surface area contributed by atoms with Crippen LogP contribution in [0.25, 0.3) is 44.2 Å². The lowest BCUT2D eigenvalue weighted by Crippen LogP contribution is -2.15. The molecular weight excluding hydrogens is 789 g/mol. The van der Waals surface area contributed by atoms with Gasteiger partial charge in [0.2, 0.25) is 0 Å². The first-order chi connectivity index (χ1) is 29.9. The van der Waals surface area contributed by atoms with E-state index < -0.39 is 17.8 Å². The van der Waals surface area contributed by atoms with Crippen molar-refractivity contribution in [3.05, 3.63) is 166 Å². The third-order valence-electron chi connectivity index (χ3n) is 9.84. The molecule has 302 valence electrons. The number of carboxylic acid groups (broad SMARTS) is 1. The second-order valence-electron chi connectivity index (χ2n) is 13.9. The van der Waals surface area contributed by atoms with E-state index in [0.29, 0.717) is 55.4 Å². The van der Waals surface area contributed by atoms with Crippen LogP contribution in [0.5, 0.6) is 0 Å². The first-order valence-electron chi connectivity index (χ1n) is 18.8. The smallest absolute Gasteiger partial charge is 0.337 e. The van der Waals surface area contributed by atoms with Gasteiger partial charge in [0.1, 0.15) is 0 Å². The monoisotopic (exact) mass is 820 g/mol. The zero-order valence-electron chi connectivity index (χ0n) is 33.1. The number of nitriles is 2. The number of benzene rings is 6. The zero-order valence-corrected chi connectivity index (χ0v) is 33.1. The van der Waals surface area contributed by atoms with Crippen LogP contribution < -0.4 is 10.6 Å². The van der Waals surface area contributed by atoms with Gasteiger partial charge in [-0.25, -0.2) is 4.79 Å². The van der Waals surface area contributed by atoms with Crippen LogP contribution in [0.4, 0.5) is 11.4 Å². The summed E-state index contributed by atoms with van der Waals surface area (Å²) in [5.74, 6) is -2.51. The SMILES string of the molecule is CC(=O)c1ccccc1-c1ccc2onc(C(=O)Nc3ccc(C#N)cc3C(=O)O)c2c1.CC(=O)c1ccccc1-c1ccc2onc(C(=O)Nc3ccc(C#N)cc3C)c2c1. The Morgan fingerprint density at radius 1 is 0.565 bits per heavy atom. The summed E-state index contributed by atoms with van der Waals surface area (Å²) in [4.78, 5) is 61.3. The fourth-order valence-corrected chi connectivity index (χ4v) is 6.76. The first-order valence-corrected chi connectivity index (χ1v) is 18.8. The molecule has 3 N–H and O–H groups in total. The summed E-state index contributed by atoms with van der Waals surface area (Å²) in [7, 11) is 0. The molecule has 0 aliphatic heterocycles. The Balaban J connectivity index is 0.000000187. The Labute approximate surface area is 352 Å². The number of aromatic carboxylic acids is 1. The maximum absolute atomic E-state index is 12.9. The number of fused-ring (bicyclic) bond motifs is 2. The highest BCUT2D eigenvalue weighted by Crippen LogP contribution is 2.32. The molecule has 0 saturated carbocycles. The summed E-state index contributed by atoms with van der Waals surface area (Å²) in [5.41, 5.74) is 6.90. The number of aryl methyl sites for hydroxylation is 1. The molecule has 0 fully saturated rings. The van der Waals surface area contributed by atoms with Crippen molar-refractivity contribution in [2.24, 2.45) is 0 Å². The molecule has 0 radical (unpaired) electrons. The molecule has 0 spiro atoms. The topological polar surface area (TPSA) is 229 Å². The Hall–Kier alpha value is -9.01. The standard InChI is InChI=1S/C24H15N3O5.C24H17N3O3/c1-13(28)16-4-2-3-5-17(16)15-7-9-21-19(11-15)22(27-32-21)23(29)26-20-8-6-14(12-25)10-18(20)24(30)31;1-14-11-16(13-25)7-9-21(14)26-24(29)23-20-12-17(8-10-22(20)30-27-23)19-6-4-3-5-18(19)15(2)28/h2-11H,1H3,(H,26,29)(H,30,31);3-12H,1-2H3,(H,26,29). The maximum Gasteiger partial charge on any atom is 0.337 e. The van der Waals surface area contributed by atoms with Gasteiger partial charge in [-0.05, 0) is 109 Å². The molecule has 8 rings (SSSR count). The average molecular weight is 821 g/mol. The molecule has 14 nitrogen and oxygen atoms in total. The highest BCUT2D eigenvalue weighted by Gasteiger charge is 2.22. The molecule has 0 aliphatic carbocycles. The Bertz CT molecular complexity index is 3220. The highest BCUT2D eigenvalue weighted by atomic mass is 16.5. The number of carbonyl (C=O) groups is 5. The van der Waals surface area contributed by atoms with E-state index in [9.17, 15) is 29.1 Å². The molecule has 14 heteroatoms. The minimum atomic E-state index is -1.29. The number of aromatic nitrogens is 2. The highest BCUT2D eigenvalue weighted by molar-refractivity contribution is 6.14. The average Bonchev–Trinajstić information content (AvgIpc) is 3.91. The number of nitrogens with zero attached hydrogens (tertiary/aromatic N) is 4. The van der Waals surface area contributed by atoms with Crippen LogP contribution in [0.1, 0.15) is 82.6 Å². The number of ketones is 2. The predicted molar refractivity (Wildman–Crippen MR) is 229 cm³/mol. The molecule has 2 heterocycles. The summed E-state index contributed by atoms with van der Waals surface area (Å²) >= 11 is 0. The number of rotatable bonds is 9. The van der Waals surface area contributed by atoms with Crippen LogP contribution in [-0.2, 0) is 0 Å². The third kappa shape index (κ3) is 8.42. The van der Waals surface area contributed by atoms with Crippen molar-refractivity contribution in [1.29, 1.82) is 10.5 Å². The van der Waals surface area contributed by atoms with Crippen LogP contribution >= 0.6 is 0 Å². The van der Waals surface area contributed by atoms with E-state index in [4.69, 9.17) is 19.6 Å². The van der Waals surface area contributed by atoms with E-state index >= 15 is 0 Å². The van der Waals surface area contributed by atoms with E-state index in [1.165, 1.54) is 32.0 Å². The number of carboxylic acids is 1. The fourth-order valence-electron chi connectivity index (χ4n) is 6.76. The number of anilines is 2. The van der Waals surface area contributed by atoms with Gasteiger partial charge in [0.05, 0.1) is 45.3 Å². The maximum atomic E-state index is 12.9. The quantitative estimate of drug-likeness (QED) is 0.116. The molecule has 2 aromatic heterocycles. The lowest BCUT2D eigenvalue weighted by atomic mass is 9.96. The Morgan fingerprint density at radius 2 is 1.02 bits per heavy atom. The number of hydrogen-bond donors (Lipinski definition) is 3. The molecular formula is C48H32N6O8. The van der Waals surface area contributed by atoms with Crippen LogP contribution in [0.3, 0.4) is 0 Å². The van der Waals surface area contributed by atoms with Crippen LogP contribution in [-0.4, -0.2) is 44.8 Å². The number of carbonyl (C=O) groups excluding carboxylic acids is 4. The van der Waals surface area contributed by atoms with Crippen molar-refractivity contribution < 1.29 is 38.1 Å². The molecule has 0 unspecified atom stereocenters.